The van der Waals surface area contributed by atoms with Crippen LogP contribution in [0.3, 0.4) is 0 Å². The summed E-state index contributed by atoms with van der Waals surface area (Å²) < 4.78 is 0. The molecule has 0 bridgehead atoms. The minimum atomic E-state index is 0.635. The van der Waals surface area contributed by atoms with Crippen molar-refractivity contribution in [2.24, 2.45) is 11.8 Å². The summed E-state index contributed by atoms with van der Waals surface area (Å²) in [5, 5.41) is 0. The standard InChI is InChI=1S/C34H44N2/c1-29(23-35(25-31-15-7-3-8-16-31)26-32-17-9-4-10-18-32)30(2)24-36(27-33-19-11-5-12-20-33)28-34-21-13-6-14-22-34/h3,5,7-9,11-13,15-17,19-21,32,34H,1-2,4,6,10,14,18,22-28H2. The third kappa shape index (κ3) is 8.76. The topological polar surface area (TPSA) is 6.48 Å². The number of benzene rings is 2. The molecular formula is C34H44N2. The smallest absolute Gasteiger partial charge is 0.0237 e. The maximum Gasteiger partial charge on any atom is 0.0237 e. The van der Waals surface area contributed by atoms with Crippen LogP contribution in [-0.4, -0.2) is 36.0 Å². The van der Waals surface area contributed by atoms with Crippen molar-refractivity contribution < 1.29 is 0 Å². The fourth-order valence-corrected chi connectivity index (χ4v) is 5.55. The summed E-state index contributed by atoms with van der Waals surface area (Å²) in [7, 11) is 0. The van der Waals surface area contributed by atoms with Gasteiger partial charge in [0.05, 0.1) is 0 Å². The van der Waals surface area contributed by atoms with Gasteiger partial charge in [-0.15, -0.1) is 0 Å². The number of rotatable bonds is 13. The number of hydrogen-bond acceptors (Lipinski definition) is 2. The van der Waals surface area contributed by atoms with Gasteiger partial charge in [0.1, 0.15) is 0 Å². The van der Waals surface area contributed by atoms with E-state index in [1.54, 1.807) is 0 Å². The summed E-state index contributed by atoms with van der Waals surface area (Å²) in [6.45, 7) is 14.9. The molecule has 4 rings (SSSR count). The largest absolute Gasteiger partial charge is 0.294 e. The summed E-state index contributed by atoms with van der Waals surface area (Å²) >= 11 is 0. The van der Waals surface area contributed by atoms with Crippen molar-refractivity contribution in [2.75, 3.05) is 26.2 Å². The number of allylic oxidation sites excluding steroid dienone is 2. The molecule has 2 aromatic carbocycles. The maximum absolute atomic E-state index is 4.54. The zero-order chi connectivity index (χ0) is 25.0. The van der Waals surface area contributed by atoms with Crippen molar-refractivity contribution >= 4 is 0 Å². The van der Waals surface area contributed by atoms with Gasteiger partial charge in [-0.25, -0.2) is 0 Å². The van der Waals surface area contributed by atoms with E-state index in [0.717, 1.165) is 39.3 Å². The zero-order valence-corrected chi connectivity index (χ0v) is 22.0. The van der Waals surface area contributed by atoms with E-state index in [9.17, 15) is 0 Å². The van der Waals surface area contributed by atoms with Crippen molar-refractivity contribution in [1.29, 1.82) is 0 Å². The van der Waals surface area contributed by atoms with Crippen LogP contribution in [0.1, 0.15) is 49.7 Å². The van der Waals surface area contributed by atoms with Gasteiger partial charge in [-0.05, 0) is 72.6 Å². The molecule has 0 saturated carbocycles. The van der Waals surface area contributed by atoms with Crippen molar-refractivity contribution in [1.82, 2.24) is 9.80 Å². The van der Waals surface area contributed by atoms with Gasteiger partial charge >= 0.3 is 0 Å². The first kappa shape index (κ1) is 26.4. The second kappa shape index (κ2) is 14.2. The van der Waals surface area contributed by atoms with Gasteiger partial charge in [0.2, 0.25) is 0 Å². The van der Waals surface area contributed by atoms with Crippen molar-refractivity contribution in [2.45, 2.75) is 51.6 Å². The quantitative estimate of drug-likeness (QED) is 0.213. The first-order valence-corrected chi connectivity index (χ1v) is 13.9. The lowest BCUT2D eigenvalue weighted by Crippen LogP contribution is -2.34. The molecule has 0 heterocycles. The molecule has 0 amide bonds. The van der Waals surface area contributed by atoms with E-state index in [2.05, 4.69) is 108 Å². The molecule has 190 valence electrons. The van der Waals surface area contributed by atoms with Crippen LogP contribution in [0.25, 0.3) is 0 Å². The molecule has 2 nitrogen and oxygen atoms in total. The Kier molecular flexibility index (Phi) is 10.4. The molecule has 0 fully saturated rings. The highest BCUT2D eigenvalue weighted by molar-refractivity contribution is 5.29. The lowest BCUT2D eigenvalue weighted by Gasteiger charge is -2.31. The Labute approximate surface area is 219 Å². The fraction of sp³-hybridized carbons (Fsp3) is 0.412. The Morgan fingerprint density at radius 2 is 1.06 bits per heavy atom. The first-order chi connectivity index (χ1) is 17.7. The van der Waals surface area contributed by atoms with Gasteiger partial charge in [0, 0.05) is 39.3 Å². The monoisotopic (exact) mass is 480 g/mol. The molecular weight excluding hydrogens is 436 g/mol. The minimum Gasteiger partial charge on any atom is -0.294 e. The summed E-state index contributed by atoms with van der Waals surface area (Å²) in [6, 6.07) is 21.7. The van der Waals surface area contributed by atoms with Crippen molar-refractivity contribution in [3.05, 3.63) is 120 Å². The highest BCUT2D eigenvalue weighted by Gasteiger charge is 2.19. The number of nitrogens with zero attached hydrogens (tertiary/aromatic N) is 2. The van der Waals surface area contributed by atoms with Crippen molar-refractivity contribution in [3.63, 3.8) is 0 Å². The summed E-state index contributed by atoms with van der Waals surface area (Å²) in [6.07, 6.45) is 17.2. The molecule has 2 aliphatic rings. The molecule has 0 radical (unpaired) electrons. The summed E-state index contributed by atoms with van der Waals surface area (Å²) in [4.78, 5) is 5.16. The third-order valence-corrected chi connectivity index (χ3v) is 7.52. The molecule has 0 spiro atoms. The maximum atomic E-state index is 4.54. The average molecular weight is 481 g/mol. The van der Waals surface area contributed by atoms with Crippen LogP contribution in [0.5, 0.6) is 0 Å². The fourth-order valence-electron chi connectivity index (χ4n) is 5.55. The number of hydrogen-bond donors (Lipinski definition) is 0. The average Bonchev–Trinajstić information content (AvgIpc) is 2.91. The van der Waals surface area contributed by atoms with E-state index in [1.165, 1.54) is 60.8 Å². The molecule has 0 aromatic heterocycles. The van der Waals surface area contributed by atoms with Crippen LogP contribution < -0.4 is 0 Å². The minimum absolute atomic E-state index is 0.635. The Balaban J connectivity index is 1.40. The van der Waals surface area contributed by atoms with Gasteiger partial charge in [0.25, 0.3) is 0 Å². The van der Waals surface area contributed by atoms with Crippen LogP contribution in [0, 0.1) is 11.8 Å². The second-order valence-corrected chi connectivity index (χ2v) is 10.8. The van der Waals surface area contributed by atoms with E-state index < -0.39 is 0 Å². The molecule has 2 atom stereocenters. The Hall–Kier alpha value is -2.68. The summed E-state index contributed by atoms with van der Waals surface area (Å²) in [5.74, 6) is 1.27. The van der Waals surface area contributed by atoms with Crippen LogP contribution in [0.2, 0.25) is 0 Å². The van der Waals surface area contributed by atoms with Crippen molar-refractivity contribution in [3.8, 4) is 0 Å². The van der Waals surface area contributed by atoms with Crippen LogP contribution in [0.15, 0.2) is 109 Å². The Bertz CT molecular complexity index is 920. The van der Waals surface area contributed by atoms with Gasteiger partial charge in [-0.1, -0.05) is 98.1 Å². The highest BCUT2D eigenvalue weighted by Crippen LogP contribution is 2.23. The van der Waals surface area contributed by atoms with E-state index >= 15 is 0 Å². The molecule has 0 N–H and O–H groups in total. The third-order valence-electron chi connectivity index (χ3n) is 7.52. The van der Waals surface area contributed by atoms with E-state index in [-0.39, 0.29) is 0 Å². The summed E-state index contributed by atoms with van der Waals surface area (Å²) in [5.41, 5.74) is 5.07. The van der Waals surface area contributed by atoms with E-state index in [4.69, 9.17) is 0 Å². The van der Waals surface area contributed by atoms with Gasteiger partial charge in [0.15, 0.2) is 0 Å². The molecule has 36 heavy (non-hydrogen) atoms. The van der Waals surface area contributed by atoms with E-state index in [1.807, 2.05) is 0 Å². The van der Waals surface area contributed by atoms with Crippen LogP contribution in [0.4, 0.5) is 0 Å². The van der Waals surface area contributed by atoms with Gasteiger partial charge < -0.3 is 0 Å². The SMILES string of the molecule is C=C(CN(Cc1ccccc1)CC1C=CCCC1)C(=C)CN(Cc1ccccc1)CC1C=CCCC1. The predicted octanol–water partition coefficient (Wildman–Crippen LogP) is 7.82. The normalized spacial score (nSPS) is 19.6. The first-order valence-electron chi connectivity index (χ1n) is 13.9. The molecule has 0 saturated heterocycles. The molecule has 2 unspecified atom stereocenters. The second-order valence-electron chi connectivity index (χ2n) is 10.8. The predicted molar refractivity (Wildman–Crippen MR) is 155 cm³/mol. The van der Waals surface area contributed by atoms with Crippen LogP contribution in [-0.2, 0) is 13.1 Å². The lowest BCUT2D eigenvalue weighted by atomic mass is 9.94. The highest BCUT2D eigenvalue weighted by atomic mass is 15.1. The zero-order valence-electron chi connectivity index (χ0n) is 22.0. The Morgan fingerprint density at radius 3 is 1.42 bits per heavy atom. The van der Waals surface area contributed by atoms with Gasteiger partial charge in [-0.2, -0.15) is 0 Å². The van der Waals surface area contributed by atoms with Crippen LogP contribution >= 0.6 is 0 Å². The van der Waals surface area contributed by atoms with E-state index in [0.29, 0.717) is 11.8 Å². The molecule has 2 heteroatoms. The van der Waals surface area contributed by atoms with Gasteiger partial charge in [-0.3, -0.25) is 9.80 Å². The molecule has 0 aliphatic heterocycles. The lowest BCUT2D eigenvalue weighted by molar-refractivity contribution is 0.240. The molecule has 2 aromatic rings. The molecule has 2 aliphatic carbocycles. The Morgan fingerprint density at radius 1 is 0.639 bits per heavy atom.